The van der Waals surface area contributed by atoms with E-state index < -0.39 is 0 Å². The number of rotatable bonds is 4. The number of methoxy groups -OCH3 is 1. The van der Waals surface area contributed by atoms with Gasteiger partial charge in [0.05, 0.1) is 7.11 Å². The number of nitrogens with one attached hydrogen (secondary N) is 1. The second-order valence-electron chi connectivity index (χ2n) is 6.58. The third-order valence-electron chi connectivity index (χ3n) is 4.89. The van der Waals surface area contributed by atoms with E-state index in [1.165, 1.54) is 5.56 Å². The Morgan fingerprint density at radius 2 is 2.28 bits per heavy atom. The molecule has 0 radical (unpaired) electrons. The lowest BCUT2D eigenvalue weighted by Gasteiger charge is -2.15. The highest BCUT2D eigenvalue weighted by molar-refractivity contribution is 5.99. The van der Waals surface area contributed by atoms with Gasteiger partial charge in [-0.1, -0.05) is 12.1 Å². The van der Waals surface area contributed by atoms with E-state index >= 15 is 0 Å². The van der Waals surface area contributed by atoms with Crippen molar-refractivity contribution in [1.82, 2.24) is 14.9 Å². The first-order valence-electron chi connectivity index (χ1n) is 8.58. The zero-order valence-corrected chi connectivity index (χ0v) is 14.2. The van der Waals surface area contributed by atoms with E-state index in [1.54, 1.807) is 13.3 Å². The van der Waals surface area contributed by atoms with Crippen LogP contribution in [0.2, 0.25) is 0 Å². The quantitative estimate of drug-likeness (QED) is 0.796. The summed E-state index contributed by atoms with van der Waals surface area (Å²) in [6.45, 7) is 1.59. The van der Waals surface area contributed by atoms with Gasteiger partial charge in [-0.15, -0.1) is 0 Å². The molecule has 1 aliphatic rings. The first-order chi connectivity index (χ1) is 12.2. The SMILES string of the molecule is COc1cccc2[nH]c(C(=O)N3CCC(Cc4cccnc4)C3)cc12. The maximum Gasteiger partial charge on any atom is 0.270 e. The zero-order chi connectivity index (χ0) is 17.2. The van der Waals surface area contributed by atoms with Gasteiger partial charge in [-0.3, -0.25) is 9.78 Å². The van der Waals surface area contributed by atoms with Gasteiger partial charge in [0.1, 0.15) is 11.4 Å². The predicted molar refractivity (Wildman–Crippen MR) is 96.8 cm³/mol. The number of ether oxygens (including phenoxy) is 1. The number of nitrogens with zero attached hydrogens (tertiary/aromatic N) is 2. The number of hydrogen-bond donors (Lipinski definition) is 1. The zero-order valence-electron chi connectivity index (χ0n) is 14.2. The lowest BCUT2D eigenvalue weighted by atomic mass is 10.0. The van der Waals surface area contributed by atoms with Crippen LogP contribution in [0.3, 0.4) is 0 Å². The number of hydrogen-bond acceptors (Lipinski definition) is 3. The summed E-state index contributed by atoms with van der Waals surface area (Å²) in [5.74, 6) is 1.34. The maximum atomic E-state index is 12.9. The summed E-state index contributed by atoms with van der Waals surface area (Å²) in [6, 6.07) is 11.7. The van der Waals surface area contributed by atoms with Crippen molar-refractivity contribution in [3.63, 3.8) is 0 Å². The van der Waals surface area contributed by atoms with Crippen LogP contribution in [0.15, 0.2) is 48.8 Å². The maximum absolute atomic E-state index is 12.9. The Hall–Kier alpha value is -2.82. The lowest BCUT2D eigenvalue weighted by molar-refractivity contribution is 0.0782. The third kappa shape index (κ3) is 3.09. The predicted octanol–water partition coefficient (Wildman–Crippen LogP) is 3.28. The molecule has 0 spiro atoms. The Morgan fingerprint density at radius 1 is 1.36 bits per heavy atom. The fraction of sp³-hybridized carbons (Fsp3) is 0.300. The second kappa shape index (κ2) is 6.59. The summed E-state index contributed by atoms with van der Waals surface area (Å²) in [5, 5.41) is 0.944. The molecule has 2 aromatic heterocycles. The van der Waals surface area contributed by atoms with Crippen molar-refractivity contribution in [2.45, 2.75) is 12.8 Å². The molecule has 3 heterocycles. The molecule has 3 aromatic rings. The molecule has 0 aliphatic carbocycles. The van der Waals surface area contributed by atoms with Gasteiger partial charge in [0.2, 0.25) is 0 Å². The van der Waals surface area contributed by atoms with Gasteiger partial charge in [-0.05, 0) is 48.6 Å². The van der Waals surface area contributed by atoms with Gasteiger partial charge < -0.3 is 14.6 Å². The molecule has 5 nitrogen and oxygen atoms in total. The van der Waals surface area contributed by atoms with Crippen LogP contribution in [0.1, 0.15) is 22.5 Å². The average Bonchev–Trinajstić information content (AvgIpc) is 3.28. The third-order valence-corrected chi connectivity index (χ3v) is 4.89. The summed E-state index contributed by atoms with van der Waals surface area (Å²) in [4.78, 5) is 22.2. The first kappa shape index (κ1) is 15.7. The fourth-order valence-electron chi connectivity index (χ4n) is 3.63. The molecule has 0 saturated carbocycles. The van der Waals surface area contributed by atoms with Crippen molar-refractivity contribution in [1.29, 1.82) is 0 Å². The highest BCUT2D eigenvalue weighted by Gasteiger charge is 2.28. The highest BCUT2D eigenvalue weighted by Crippen LogP contribution is 2.28. The Bertz CT molecular complexity index is 888. The number of aromatic nitrogens is 2. The number of pyridine rings is 1. The summed E-state index contributed by atoms with van der Waals surface area (Å²) in [7, 11) is 1.65. The van der Waals surface area contributed by atoms with E-state index in [1.807, 2.05) is 41.4 Å². The average molecular weight is 335 g/mol. The summed E-state index contributed by atoms with van der Waals surface area (Å²) >= 11 is 0. The number of carbonyl (C=O) groups is 1. The number of carbonyl (C=O) groups excluding carboxylic acids is 1. The van der Waals surface area contributed by atoms with Crippen molar-refractivity contribution in [2.24, 2.45) is 5.92 Å². The minimum atomic E-state index is 0.0620. The van der Waals surface area contributed by atoms with E-state index in [0.29, 0.717) is 11.6 Å². The topological polar surface area (TPSA) is 58.2 Å². The summed E-state index contributed by atoms with van der Waals surface area (Å²) < 4.78 is 5.38. The molecule has 1 amide bonds. The molecular weight excluding hydrogens is 314 g/mol. The first-order valence-corrected chi connectivity index (χ1v) is 8.58. The smallest absolute Gasteiger partial charge is 0.270 e. The molecule has 25 heavy (non-hydrogen) atoms. The number of aromatic amines is 1. The van der Waals surface area contributed by atoms with E-state index in [4.69, 9.17) is 4.74 Å². The van der Waals surface area contributed by atoms with Crippen LogP contribution in [0.4, 0.5) is 0 Å². The van der Waals surface area contributed by atoms with E-state index in [2.05, 4.69) is 16.0 Å². The van der Waals surface area contributed by atoms with E-state index in [9.17, 15) is 4.79 Å². The van der Waals surface area contributed by atoms with Crippen LogP contribution in [-0.4, -0.2) is 41.0 Å². The summed E-state index contributed by atoms with van der Waals surface area (Å²) in [6.07, 6.45) is 5.70. The number of likely N-dealkylation sites (tertiary alicyclic amines) is 1. The Balaban J connectivity index is 1.48. The minimum absolute atomic E-state index is 0.0620. The van der Waals surface area contributed by atoms with Crippen LogP contribution in [-0.2, 0) is 6.42 Å². The molecule has 1 aliphatic heterocycles. The van der Waals surface area contributed by atoms with E-state index in [-0.39, 0.29) is 5.91 Å². The largest absolute Gasteiger partial charge is 0.496 e. The van der Waals surface area contributed by atoms with Gasteiger partial charge in [0.25, 0.3) is 5.91 Å². The molecule has 5 heteroatoms. The standard InChI is InChI=1S/C20H21N3O2/c1-25-19-6-2-5-17-16(19)11-18(22-17)20(24)23-9-7-15(13-23)10-14-4-3-8-21-12-14/h2-6,8,11-12,15,22H,7,9-10,13H2,1H3. The van der Waals surface area contributed by atoms with E-state index in [0.717, 1.165) is 42.6 Å². The molecule has 1 fully saturated rings. The van der Waals surface area contributed by atoms with Crippen LogP contribution in [0, 0.1) is 5.92 Å². The van der Waals surface area contributed by atoms with Gasteiger partial charge in [-0.2, -0.15) is 0 Å². The van der Waals surface area contributed by atoms with Crippen molar-refractivity contribution in [2.75, 3.05) is 20.2 Å². The number of benzene rings is 1. The van der Waals surface area contributed by atoms with Crippen LogP contribution in [0.25, 0.3) is 10.9 Å². The minimum Gasteiger partial charge on any atom is -0.496 e. The van der Waals surface area contributed by atoms with Crippen molar-refractivity contribution in [3.05, 3.63) is 60.0 Å². The Kier molecular flexibility index (Phi) is 4.14. The van der Waals surface area contributed by atoms with Crippen molar-refractivity contribution in [3.8, 4) is 5.75 Å². The number of fused-ring (bicyclic) bond motifs is 1. The number of H-pyrrole nitrogens is 1. The van der Waals surface area contributed by atoms with Crippen LogP contribution < -0.4 is 4.74 Å². The molecular formula is C20H21N3O2. The van der Waals surface area contributed by atoms with Crippen molar-refractivity contribution >= 4 is 16.8 Å². The highest BCUT2D eigenvalue weighted by atomic mass is 16.5. The van der Waals surface area contributed by atoms with Crippen LogP contribution in [0.5, 0.6) is 5.75 Å². The monoisotopic (exact) mass is 335 g/mol. The number of amides is 1. The molecule has 1 aromatic carbocycles. The molecule has 0 bridgehead atoms. The summed E-state index contributed by atoms with van der Waals surface area (Å²) in [5.41, 5.74) is 2.78. The second-order valence-corrected chi connectivity index (χ2v) is 6.58. The lowest BCUT2D eigenvalue weighted by Crippen LogP contribution is -2.29. The van der Waals surface area contributed by atoms with Gasteiger partial charge in [0, 0.05) is 36.4 Å². The molecule has 128 valence electrons. The van der Waals surface area contributed by atoms with Crippen LogP contribution >= 0.6 is 0 Å². The van der Waals surface area contributed by atoms with Gasteiger partial charge >= 0.3 is 0 Å². The molecule has 1 saturated heterocycles. The molecule has 4 rings (SSSR count). The normalized spacial score (nSPS) is 17.2. The Morgan fingerprint density at radius 3 is 3.08 bits per heavy atom. The molecule has 1 atom stereocenters. The fourth-order valence-corrected chi connectivity index (χ4v) is 3.63. The van der Waals surface area contributed by atoms with Gasteiger partial charge in [-0.25, -0.2) is 0 Å². The molecule has 1 N–H and O–H groups in total. The van der Waals surface area contributed by atoms with Gasteiger partial charge in [0.15, 0.2) is 0 Å². The molecule has 1 unspecified atom stereocenters. The van der Waals surface area contributed by atoms with Crippen molar-refractivity contribution < 1.29 is 9.53 Å². The Labute approximate surface area is 146 Å².